The van der Waals surface area contributed by atoms with Crippen LogP contribution in [0, 0.1) is 17.8 Å². The minimum atomic E-state index is -1.01. The average Bonchev–Trinajstić information content (AvgIpc) is 3.02. The highest BCUT2D eigenvalue weighted by molar-refractivity contribution is 5.80. The van der Waals surface area contributed by atoms with Crippen molar-refractivity contribution in [3.05, 3.63) is 0 Å². The van der Waals surface area contributed by atoms with Crippen molar-refractivity contribution in [2.75, 3.05) is 52.5 Å². The van der Waals surface area contributed by atoms with Gasteiger partial charge in [-0.05, 0) is 31.8 Å². The van der Waals surface area contributed by atoms with Crippen LogP contribution in [0.5, 0.6) is 0 Å². The first-order valence-electron chi connectivity index (χ1n) is 11.6. The molecule has 5 rings (SSSR count). The Morgan fingerprint density at radius 1 is 1.13 bits per heavy atom. The molecule has 0 radical (unpaired) electrons. The number of ether oxygens (including phenoxy) is 1. The third-order valence-electron chi connectivity index (χ3n) is 7.79. The summed E-state index contributed by atoms with van der Waals surface area (Å²) in [5.74, 6) is -0.728. The van der Waals surface area contributed by atoms with E-state index in [1.807, 2.05) is 0 Å². The van der Waals surface area contributed by atoms with E-state index in [0.717, 1.165) is 39.1 Å². The Hall–Kier alpha value is -0.950. The van der Waals surface area contributed by atoms with E-state index in [1.165, 1.54) is 0 Å². The van der Waals surface area contributed by atoms with Gasteiger partial charge in [-0.2, -0.15) is 0 Å². The van der Waals surface area contributed by atoms with E-state index in [0.29, 0.717) is 19.1 Å². The van der Waals surface area contributed by atoms with E-state index >= 15 is 4.39 Å². The van der Waals surface area contributed by atoms with Gasteiger partial charge in [0.05, 0.1) is 37.5 Å². The number of halogens is 2. The minimum Gasteiger partial charge on any atom is -0.378 e. The lowest BCUT2D eigenvalue weighted by molar-refractivity contribution is -0.128. The Bertz CT molecular complexity index is 649. The predicted molar refractivity (Wildman–Crippen MR) is 110 cm³/mol. The SMILES string of the molecule is NC1NN2CC(F)CNC2C1C(=O)NC1CNCC(F)C1C1CCN(C2COC2)CC1. The number of rotatable bonds is 4. The molecule has 5 heterocycles. The van der Waals surface area contributed by atoms with Crippen LogP contribution in [0.2, 0.25) is 0 Å². The Morgan fingerprint density at radius 3 is 2.61 bits per heavy atom. The topological polar surface area (TPSA) is 107 Å². The first-order chi connectivity index (χ1) is 15.0. The highest BCUT2D eigenvalue weighted by Crippen LogP contribution is 2.34. The zero-order chi connectivity index (χ0) is 21.5. The van der Waals surface area contributed by atoms with E-state index in [-0.39, 0.29) is 43.0 Å². The molecule has 1 amide bonds. The molecule has 5 saturated heterocycles. The molecule has 9 nitrogen and oxygen atoms in total. The lowest BCUT2D eigenvalue weighted by Crippen LogP contribution is -2.63. The Kier molecular flexibility index (Phi) is 6.44. The molecule has 0 bridgehead atoms. The largest absolute Gasteiger partial charge is 0.378 e. The van der Waals surface area contributed by atoms with Crippen LogP contribution in [0.25, 0.3) is 0 Å². The first-order valence-corrected chi connectivity index (χ1v) is 11.6. The standard InChI is InChI=1S/C20H35F2N7O2/c21-12-5-25-19-17(18(23)27-29(19)8-12)20(30)26-15-7-24-6-14(22)16(15)11-1-3-28(4-2-11)13-9-31-10-13/h11-19,24-25,27H,1-10,23H2,(H,26,30). The van der Waals surface area contributed by atoms with Crippen molar-refractivity contribution in [2.24, 2.45) is 23.5 Å². The van der Waals surface area contributed by atoms with Crippen LogP contribution in [-0.4, -0.2) is 105 Å². The molecule has 11 heteroatoms. The number of amides is 1. The second kappa shape index (κ2) is 9.12. The van der Waals surface area contributed by atoms with Gasteiger partial charge in [0, 0.05) is 38.1 Å². The van der Waals surface area contributed by atoms with Crippen molar-refractivity contribution in [2.45, 2.75) is 49.6 Å². The fourth-order valence-corrected chi connectivity index (χ4v) is 6.03. The van der Waals surface area contributed by atoms with Crippen molar-refractivity contribution < 1.29 is 18.3 Å². The smallest absolute Gasteiger partial charge is 0.229 e. The van der Waals surface area contributed by atoms with Crippen molar-refractivity contribution in [1.29, 1.82) is 0 Å². The molecule has 0 spiro atoms. The van der Waals surface area contributed by atoms with E-state index in [2.05, 4.69) is 26.3 Å². The van der Waals surface area contributed by atoms with Gasteiger partial charge in [-0.3, -0.25) is 15.0 Å². The number of carbonyl (C=O) groups is 1. The predicted octanol–water partition coefficient (Wildman–Crippen LogP) is -1.87. The van der Waals surface area contributed by atoms with Crippen molar-refractivity contribution >= 4 is 5.91 Å². The van der Waals surface area contributed by atoms with Crippen LogP contribution < -0.4 is 27.1 Å². The number of nitrogens with one attached hydrogen (secondary N) is 4. The van der Waals surface area contributed by atoms with E-state index < -0.39 is 24.4 Å². The third-order valence-corrected chi connectivity index (χ3v) is 7.79. The number of nitrogens with two attached hydrogens (primary N) is 1. The van der Waals surface area contributed by atoms with Gasteiger partial charge in [0.15, 0.2) is 0 Å². The summed E-state index contributed by atoms with van der Waals surface area (Å²) in [4.78, 5) is 15.7. The van der Waals surface area contributed by atoms with Gasteiger partial charge in [-0.15, -0.1) is 0 Å². The van der Waals surface area contributed by atoms with E-state index in [1.54, 1.807) is 5.01 Å². The molecule has 0 saturated carbocycles. The summed E-state index contributed by atoms with van der Waals surface area (Å²) in [7, 11) is 0. The third kappa shape index (κ3) is 4.33. The molecule has 6 N–H and O–H groups in total. The fourth-order valence-electron chi connectivity index (χ4n) is 6.03. The monoisotopic (exact) mass is 443 g/mol. The fraction of sp³-hybridized carbons (Fsp3) is 0.950. The number of hydrogen-bond donors (Lipinski definition) is 5. The average molecular weight is 444 g/mol. The number of carbonyl (C=O) groups excluding carboxylic acids is 1. The summed E-state index contributed by atoms with van der Waals surface area (Å²) in [6.07, 6.45) is -1.08. The number of fused-ring (bicyclic) bond motifs is 1. The zero-order valence-electron chi connectivity index (χ0n) is 17.8. The van der Waals surface area contributed by atoms with Gasteiger partial charge in [0.25, 0.3) is 0 Å². The molecular weight excluding hydrogens is 408 g/mol. The Labute approximate surface area is 181 Å². The van der Waals surface area contributed by atoms with E-state index in [4.69, 9.17) is 10.5 Å². The van der Waals surface area contributed by atoms with Crippen LogP contribution in [0.3, 0.4) is 0 Å². The molecule has 0 aliphatic carbocycles. The van der Waals surface area contributed by atoms with Crippen molar-refractivity contribution in [1.82, 2.24) is 31.3 Å². The maximum atomic E-state index is 15.1. The van der Waals surface area contributed by atoms with Gasteiger partial charge >= 0.3 is 0 Å². The number of alkyl halides is 2. The number of nitrogens with zero attached hydrogens (tertiary/aromatic N) is 2. The van der Waals surface area contributed by atoms with E-state index in [9.17, 15) is 9.18 Å². The molecule has 5 aliphatic rings. The number of hydrazine groups is 1. The molecule has 5 aliphatic heterocycles. The maximum absolute atomic E-state index is 15.1. The van der Waals surface area contributed by atoms with Crippen LogP contribution in [0.4, 0.5) is 8.78 Å². The maximum Gasteiger partial charge on any atom is 0.229 e. The normalized spacial score (nSPS) is 43.4. The summed E-state index contributed by atoms with van der Waals surface area (Å²) in [6, 6.07) is 0.232. The molecule has 0 aromatic rings. The molecule has 0 aromatic heterocycles. The summed E-state index contributed by atoms with van der Waals surface area (Å²) in [5.41, 5.74) is 9.18. The minimum absolute atomic E-state index is 0.194. The highest BCUT2D eigenvalue weighted by atomic mass is 19.1. The summed E-state index contributed by atoms with van der Waals surface area (Å²) in [5, 5.41) is 11.0. The lowest BCUT2D eigenvalue weighted by Gasteiger charge is -2.46. The second-order valence-corrected chi connectivity index (χ2v) is 9.71. The number of likely N-dealkylation sites (tertiary alicyclic amines) is 1. The van der Waals surface area contributed by atoms with Gasteiger partial charge in [-0.1, -0.05) is 0 Å². The molecule has 7 unspecified atom stereocenters. The summed E-state index contributed by atoms with van der Waals surface area (Å²) < 4.78 is 34.1. The first kappa shape index (κ1) is 21.9. The molecule has 31 heavy (non-hydrogen) atoms. The van der Waals surface area contributed by atoms with Crippen molar-refractivity contribution in [3.8, 4) is 0 Å². The van der Waals surface area contributed by atoms with Crippen LogP contribution in [0.1, 0.15) is 12.8 Å². The van der Waals surface area contributed by atoms with Crippen LogP contribution in [-0.2, 0) is 9.53 Å². The summed E-state index contributed by atoms with van der Waals surface area (Å²) in [6.45, 7) is 4.79. The van der Waals surface area contributed by atoms with Gasteiger partial charge in [-0.25, -0.2) is 19.2 Å². The van der Waals surface area contributed by atoms with Crippen LogP contribution in [0.15, 0.2) is 0 Å². The quantitative estimate of drug-likeness (QED) is 0.344. The van der Waals surface area contributed by atoms with Gasteiger partial charge in [0.1, 0.15) is 12.3 Å². The second-order valence-electron chi connectivity index (χ2n) is 9.71. The van der Waals surface area contributed by atoms with Crippen molar-refractivity contribution in [3.63, 3.8) is 0 Å². The zero-order valence-corrected chi connectivity index (χ0v) is 17.8. The molecule has 7 atom stereocenters. The highest BCUT2D eigenvalue weighted by Gasteiger charge is 2.49. The Balaban J connectivity index is 1.22. The number of piperidine rings is 2. The number of hydrogen-bond acceptors (Lipinski definition) is 8. The van der Waals surface area contributed by atoms with Crippen LogP contribution >= 0.6 is 0 Å². The molecule has 0 aromatic carbocycles. The van der Waals surface area contributed by atoms with Gasteiger partial charge < -0.3 is 21.1 Å². The van der Waals surface area contributed by atoms with Gasteiger partial charge in [0.2, 0.25) is 5.91 Å². The molecule has 5 fully saturated rings. The molecular formula is C20H35F2N7O2. The summed E-state index contributed by atoms with van der Waals surface area (Å²) >= 11 is 0. The Morgan fingerprint density at radius 2 is 1.90 bits per heavy atom. The molecule has 176 valence electrons. The lowest BCUT2D eigenvalue weighted by atomic mass is 9.75.